The molecule has 0 spiro atoms. The van der Waals surface area contributed by atoms with Gasteiger partial charge >= 0.3 is 0 Å². The fourth-order valence-corrected chi connectivity index (χ4v) is 4.30. The molecule has 0 saturated heterocycles. The first-order valence-corrected chi connectivity index (χ1v) is 9.78. The van der Waals surface area contributed by atoms with Gasteiger partial charge in [-0.25, -0.2) is 8.42 Å². The summed E-state index contributed by atoms with van der Waals surface area (Å²) in [7, 11) is -1.03. The van der Waals surface area contributed by atoms with Crippen LogP contribution in [0.25, 0.3) is 10.7 Å². The number of rotatable bonds is 6. The molecule has 0 fully saturated rings. The Labute approximate surface area is 153 Å². The molecule has 3 rings (SSSR count). The molecular weight excluding hydrogens is 386 g/mol. The molecule has 3 aromatic rings. The molecule has 0 amide bonds. The van der Waals surface area contributed by atoms with Gasteiger partial charge in [-0.1, -0.05) is 22.8 Å². The van der Waals surface area contributed by atoms with Crippen LogP contribution in [-0.4, -0.2) is 37.0 Å². The van der Waals surface area contributed by atoms with Crippen molar-refractivity contribution in [3.63, 3.8) is 0 Å². The van der Waals surface area contributed by atoms with Gasteiger partial charge < -0.3 is 9.26 Å². The van der Waals surface area contributed by atoms with Crippen molar-refractivity contribution in [2.75, 3.05) is 14.2 Å². The number of thiophene rings is 1. The van der Waals surface area contributed by atoms with Gasteiger partial charge in [0.2, 0.25) is 21.7 Å². The Morgan fingerprint density at radius 1 is 1.36 bits per heavy atom. The predicted molar refractivity (Wildman–Crippen MR) is 94.3 cm³/mol. The second kappa shape index (κ2) is 7.12. The van der Waals surface area contributed by atoms with Gasteiger partial charge in [-0.3, -0.25) is 0 Å². The van der Waals surface area contributed by atoms with Crippen molar-refractivity contribution in [2.45, 2.75) is 11.4 Å². The summed E-state index contributed by atoms with van der Waals surface area (Å²) in [5.41, 5.74) is 0. The highest BCUT2D eigenvalue weighted by atomic mass is 35.5. The van der Waals surface area contributed by atoms with E-state index in [4.69, 9.17) is 20.9 Å². The third-order valence-corrected chi connectivity index (χ3v) is 6.31. The van der Waals surface area contributed by atoms with Gasteiger partial charge in [0, 0.05) is 12.1 Å². The quantitative estimate of drug-likeness (QED) is 0.632. The van der Waals surface area contributed by atoms with E-state index in [0.29, 0.717) is 10.8 Å². The van der Waals surface area contributed by atoms with Crippen molar-refractivity contribution >= 4 is 33.0 Å². The summed E-state index contributed by atoms with van der Waals surface area (Å²) in [6.07, 6.45) is 0. The standard InChI is InChI=1S/C15H14ClN3O4S2/c1-19(9-14-17-15(18-23-14)12-4-3-7-24-12)25(20,21)13-8-10(16)5-6-11(13)22-2/h3-8H,9H2,1-2H3. The highest BCUT2D eigenvalue weighted by molar-refractivity contribution is 7.89. The van der Waals surface area contributed by atoms with E-state index in [1.807, 2.05) is 17.5 Å². The van der Waals surface area contributed by atoms with E-state index in [0.717, 1.165) is 9.18 Å². The molecule has 0 atom stereocenters. The van der Waals surface area contributed by atoms with Crippen molar-refractivity contribution < 1.29 is 17.7 Å². The topological polar surface area (TPSA) is 85.5 Å². The molecule has 25 heavy (non-hydrogen) atoms. The normalized spacial score (nSPS) is 11.8. The lowest BCUT2D eigenvalue weighted by Gasteiger charge is -2.17. The first-order chi connectivity index (χ1) is 11.9. The lowest BCUT2D eigenvalue weighted by Crippen LogP contribution is -2.27. The maximum atomic E-state index is 12.8. The number of methoxy groups -OCH3 is 1. The zero-order valence-corrected chi connectivity index (χ0v) is 15.7. The smallest absolute Gasteiger partial charge is 0.247 e. The maximum absolute atomic E-state index is 12.8. The largest absolute Gasteiger partial charge is 0.495 e. The molecule has 132 valence electrons. The summed E-state index contributed by atoms with van der Waals surface area (Å²) in [5, 5.41) is 6.06. The summed E-state index contributed by atoms with van der Waals surface area (Å²) >= 11 is 7.40. The van der Waals surface area contributed by atoms with Crippen LogP contribution >= 0.6 is 22.9 Å². The Morgan fingerprint density at radius 3 is 2.84 bits per heavy atom. The van der Waals surface area contributed by atoms with Crippen LogP contribution in [0.15, 0.2) is 45.1 Å². The van der Waals surface area contributed by atoms with E-state index in [1.54, 1.807) is 6.07 Å². The zero-order chi connectivity index (χ0) is 18.0. The van der Waals surface area contributed by atoms with Crippen LogP contribution < -0.4 is 4.74 Å². The van der Waals surface area contributed by atoms with E-state index in [1.165, 1.54) is 37.6 Å². The molecule has 1 aromatic carbocycles. The van der Waals surface area contributed by atoms with Crippen molar-refractivity contribution in [1.29, 1.82) is 0 Å². The minimum absolute atomic E-state index is 0.0250. The van der Waals surface area contributed by atoms with Gasteiger partial charge in [0.05, 0.1) is 18.5 Å². The SMILES string of the molecule is COc1ccc(Cl)cc1S(=O)(=O)N(C)Cc1nc(-c2cccs2)no1. The van der Waals surface area contributed by atoms with Gasteiger partial charge in [-0.2, -0.15) is 9.29 Å². The number of nitrogens with zero attached hydrogens (tertiary/aromatic N) is 3. The molecule has 2 aromatic heterocycles. The molecule has 7 nitrogen and oxygen atoms in total. The first kappa shape index (κ1) is 17.9. The summed E-state index contributed by atoms with van der Waals surface area (Å²) in [4.78, 5) is 5.05. The highest BCUT2D eigenvalue weighted by Crippen LogP contribution is 2.30. The third-order valence-electron chi connectivity index (χ3n) is 3.38. The lowest BCUT2D eigenvalue weighted by atomic mass is 10.3. The minimum Gasteiger partial charge on any atom is -0.495 e. The number of hydrogen-bond donors (Lipinski definition) is 0. The van der Waals surface area contributed by atoms with E-state index in [2.05, 4.69) is 10.1 Å². The number of aromatic nitrogens is 2. The van der Waals surface area contributed by atoms with Crippen molar-refractivity contribution in [3.05, 3.63) is 46.6 Å². The van der Waals surface area contributed by atoms with Crippen LogP contribution in [0, 0.1) is 0 Å². The fraction of sp³-hybridized carbons (Fsp3) is 0.200. The van der Waals surface area contributed by atoms with Crippen LogP contribution in [0.1, 0.15) is 5.89 Å². The monoisotopic (exact) mass is 399 g/mol. The minimum atomic E-state index is -3.85. The molecule has 0 aliphatic carbocycles. The number of ether oxygens (including phenoxy) is 1. The molecule has 0 aliphatic heterocycles. The van der Waals surface area contributed by atoms with Gasteiger partial charge in [-0.05, 0) is 29.6 Å². The Morgan fingerprint density at radius 2 is 2.16 bits per heavy atom. The Balaban J connectivity index is 1.85. The fourth-order valence-electron chi connectivity index (χ4n) is 2.12. The molecular formula is C15H14ClN3O4S2. The summed E-state index contributed by atoms with van der Waals surface area (Å²) < 4.78 is 37.0. The highest BCUT2D eigenvalue weighted by Gasteiger charge is 2.27. The van der Waals surface area contributed by atoms with Gasteiger partial charge in [0.1, 0.15) is 10.6 Å². The molecule has 10 heteroatoms. The number of halogens is 1. The first-order valence-electron chi connectivity index (χ1n) is 7.08. The van der Waals surface area contributed by atoms with E-state index in [-0.39, 0.29) is 23.1 Å². The lowest BCUT2D eigenvalue weighted by molar-refractivity contribution is 0.335. The number of benzene rings is 1. The summed E-state index contributed by atoms with van der Waals surface area (Å²) in [6, 6.07) is 8.14. The van der Waals surface area contributed by atoms with Crippen LogP contribution in [0.3, 0.4) is 0 Å². The Bertz CT molecular complexity index is 971. The Kier molecular flexibility index (Phi) is 5.09. The van der Waals surface area contributed by atoms with Gasteiger partial charge in [0.15, 0.2) is 0 Å². The van der Waals surface area contributed by atoms with E-state index >= 15 is 0 Å². The van der Waals surface area contributed by atoms with E-state index in [9.17, 15) is 8.42 Å². The van der Waals surface area contributed by atoms with Crippen LogP contribution in [-0.2, 0) is 16.6 Å². The average molecular weight is 400 g/mol. The van der Waals surface area contributed by atoms with Crippen LogP contribution in [0.5, 0.6) is 5.75 Å². The summed E-state index contributed by atoms with van der Waals surface area (Å²) in [6.45, 7) is -0.0730. The molecule has 0 bridgehead atoms. The van der Waals surface area contributed by atoms with Crippen LogP contribution in [0.4, 0.5) is 0 Å². The summed E-state index contributed by atoms with van der Waals surface area (Å²) in [5.74, 6) is 0.827. The second-order valence-corrected chi connectivity index (χ2v) is 8.44. The molecule has 0 aliphatic rings. The molecule has 0 N–H and O–H groups in total. The molecule has 0 saturated carbocycles. The van der Waals surface area contributed by atoms with Crippen molar-refractivity contribution in [3.8, 4) is 16.5 Å². The molecule has 2 heterocycles. The maximum Gasteiger partial charge on any atom is 0.247 e. The van der Waals surface area contributed by atoms with E-state index < -0.39 is 10.0 Å². The van der Waals surface area contributed by atoms with Crippen molar-refractivity contribution in [2.24, 2.45) is 0 Å². The molecule has 0 radical (unpaired) electrons. The molecule has 0 unspecified atom stereocenters. The van der Waals surface area contributed by atoms with Gasteiger partial charge in [0.25, 0.3) is 0 Å². The predicted octanol–water partition coefficient (Wildman–Crippen LogP) is 3.28. The van der Waals surface area contributed by atoms with Gasteiger partial charge in [-0.15, -0.1) is 11.3 Å². The number of sulfonamides is 1. The Hall–Kier alpha value is -1.94. The second-order valence-electron chi connectivity index (χ2n) is 5.05. The zero-order valence-electron chi connectivity index (χ0n) is 13.3. The average Bonchev–Trinajstić information content (AvgIpc) is 3.25. The van der Waals surface area contributed by atoms with Crippen LogP contribution in [0.2, 0.25) is 5.02 Å². The third kappa shape index (κ3) is 3.69. The number of hydrogen-bond acceptors (Lipinski definition) is 7. The van der Waals surface area contributed by atoms with Crippen molar-refractivity contribution in [1.82, 2.24) is 14.4 Å².